The van der Waals surface area contributed by atoms with E-state index in [2.05, 4.69) is 74.2 Å². The SMILES string of the molecule is CC1C([Si](C)C2=Cc3ccccc3C2)=Cc2ccccc21. The Morgan fingerprint density at radius 2 is 1.62 bits per heavy atom. The minimum Gasteiger partial charge on any atom is -0.0728 e. The van der Waals surface area contributed by atoms with Gasteiger partial charge in [0.05, 0.1) is 0 Å². The highest BCUT2D eigenvalue weighted by Gasteiger charge is 2.29. The third-order valence-electron chi connectivity index (χ3n) is 4.92. The van der Waals surface area contributed by atoms with Gasteiger partial charge in [0.1, 0.15) is 8.80 Å². The molecule has 2 aromatic rings. The Hall–Kier alpha value is -1.86. The molecule has 0 saturated heterocycles. The first-order valence-electron chi connectivity index (χ1n) is 7.67. The van der Waals surface area contributed by atoms with Crippen molar-refractivity contribution in [1.29, 1.82) is 0 Å². The largest absolute Gasteiger partial charge is 0.108 e. The van der Waals surface area contributed by atoms with E-state index in [0.717, 1.165) is 6.42 Å². The van der Waals surface area contributed by atoms with Crippen LogP contribution in [-0.2, 0) is 6.42 Å². The number of rotatable bonds is 2. The Morgan fingerprint density at radius 3 is 2.38 bits per heavy atom. The van der Waals surface area contributed by atoms with Crippen molar-refractivity contribution < 1.29 is 0 Å². The summed E-state index contributed by atoms with van der Waals surface area (Å²) < 4.78 is 0. The fourth-order valence-corrected chi connectivity index (χ4v) is 6.01. The average Bonchev–Trinajstić information content (AvgIpc) is 3.08. The molecule has 0 amide bonds. The Balaban J connectivity index is 1.65. The van der Waals surface area contributed by atoms with Gasteiger partial charge in [0.2, 0.25) is 0 Å². The van der Waals surface area contributed by atoms with Gasteiger partial charge in [-0.05, 0) is 34.6 Å². The molecule has 103 valence electrons. The first kappa shape index (κ1) is 12.8. The van der Waals surface area contributed by atoms with Crippen molar-refractivity contribution in [3.05, 3.63) is 81.2 Å². The van der Waals surface area contributed by atoms with E-state index in [0.29, 0.717) is 5.92 Å². The average molecular weight is 287 g/mol. The quantitative estimate of drug-likeness (QED) is 0.680. The van der Waals surface area contributed by atoms with Crippen molar-refractivity contribution in [2.45, 2.75) is 25.8 Å². The van der Waals surface area contributed by atoms with Gasteiger partial charge in [0.25, 0.3) is 0 Å². The summed E-state index contributed by atoms with van der Waals surface area (Å²) in [6, 6.07) is 17.7. The maximum Gasteiger partial charge on any atom is 0.108 e. The lowest BCUT2D eigenvalue weighted by atomic mass is 10.0. The van der Waals surface area contributed by atoms with E-state index in [1.165, 1.54) is 22.3 Å². The molecule has 0 nitrogen and oxygen atoms in total. The van der Waals surface area contributed by atoms with E-state index in [1.54, 1.807) is 10.4 Å². The maximum atomic E-state index is 2.47. The van der Waals surface area contributed by atoms with Crippen LogP contribution in [0.4, 0.5) is 0 Å². The Bertz CT molecular complexity index is 767. The van der Waals surface area contributed by atoms with E-state index in [-0.39, 0.29) is 0 Å². The molecule has 0 spiro atoms. The molecule has 1 radical (unpaired) electrons. The standard InChI is InChI=1S/C20H19Si/c1-14-19-10-6-5-9-17(19)13-20(14)21(2)18-11-15-7-3-4-8-16(15)12-18/h3-11,13-14H,12H2,1-2H3. The Labute approximate surface area is 128 Å². The van der Waals surface area contributed by atoms with Gasteiger partial charge >= 0.3 is 0 Å². The molecular formula is C20H19Si. The molecule has 1 heteroatoms. The zero-order valence-corrected chi connectivity index (χ0v) is 13.6. The third kappa shape index (κ3) is 2.04. The van der Waals surface area contributed by atoms with Crippen LogP contribution in [0.15, 0.2) is 58.9 Å². The fraction of sp³-hybridized carbons (Fsp3) is 0.200. The van der Waals surface area contributed by atoms with Crippen LogP contribution in [0.25, 0.3) is 12.2 Å². The van der Waals surface area contributed by atoms with Crippen molar-refractivity contribution >= 4 is 20.9 Å². The normalized spacial score (nSPS) is 19.3. The topological polar surface area (TPSA) is 0 Å². The van der Waals surface area contributed by atoms with E-state index >= 15 is 0 Å². The molecule has 1 atom stereocenters. The number of hydrogen-bond donors (Lipinski definition) is 0. The maximum absolute atomic E-state index is 2.47. The van der Waals surface area contributed by atoms with E-state index in [9.17, 15) is 0 Å². The fourth-order valence-electron chi connectivity index (χ4n) is 3.64. The third-order valence-corrected chi connectivity index (χ3v) is 7.65. The molecule has 1 unspecified atom stereocenters. The van der Waals surface area contributed by atoms with Crippen LogP contribution in [-0.4, -0.2) is 8.80 Å². The van der Waals surface area contributed by atoms with Crippen LogP contribution in [0.2, 0.25) is 6.55 Å². The minimum atomic E-state index is -0.604. The van der Waals surface area contributed by atoms with Gasteiger partial charge in [0.15, 0.2) is 0 Å². The molecule has 0 saturated carbocycles. The molecule has 2 aromatic carbocycles. The first-order chi connectivity index (χ1) is 10.2. The van der Waals surface area contributed by atoms with E-state index in [1.807, 2.05) is 0 Å². The smallest absolute Gasteiger partial charge is 0.0728 e. The lowest BCUT2D eigenvalue weighted by Crippen LogP contribution is -2.18. The first-order valence-corrected chi connectivity index (χ1v) is 9.67. The summed E-state index contributed by atoms with van der Waals surface area (Å²) in [4.78, 5) is 0. The molecular weight excluding hydrogens is 268 g/mol. The monoisotopic (exact) mass is 287 g/mol. The number of benzene rings is 2. The van der Waals surface area contributed by atoms with E-state index in [4.69, 9.17) is 0 Å². The zero-order valence-electron chi connectivity index (χ0n) is 12.6. The molecule has 0 fully saturated rings. The summed E-state index contributed by atoms with van der Waals surface area (Å²) in [5, 5.41) is 3.33. The van der Waals surface area contributed by atoms with Crippen LogP contribution in [0, 0.1) is 0 Å². The molecule has 2 aliphatic carbocycles. The summed E-state index contributed by atoms with van der Waals surface area (Å²) in [6.45, 7) is 4.84. The minimum absolute atomic E-state index is 0.588. The van der Waals surface area contributed by atoms with Crippen LogP contribution in [0.1, 0.15) is 35.1 Å². The lowest BCUT2D eigenvalue weighted by Gasteiger charge is -2.18. The second-order valence-corrected chi connectivity index (χ2v) is 8.59. The van der Waals surface area contributed by atoms with Gasteiger partial charge < -0.3 is 0 Å². The second-order valence-electron chi connectivity index (χ2n) is 6.12. The molecule has 0 N–H and O–H groups in total. The molecule has 21 heavy (non-hydrogen) atoms. The summed E-state index contributed by atoms with van der Waals surface area (Å²) in [5.74, 6) is 0.588. The number of allylic oxidation sites excluding steroid dienone is 2. The van der Waals surface area contributed by atoms with E-state index < -0.39 is 8.80 Å². The van der Waals surface area contributed by atoms with Gasteiger partial charge in [-0.15, -0.1) is 0 Å². The molecule has 4 rings (SSSR count). The van der Waals surface area contributed by atoms with Crippen LogP contribution in [0.3, 0.4) is 0 Å². The predicted octanol–water partition coefficient (Wildman–Crippen LogP) is 5.03. The van der Waals surface area contributed by atoms with Crippen molar-refractivity contribution in [1.82, 2.24) is 0 Å². The molecule has 0 heterocycles. The highest BCUT2D eigenvalue weighted by molar-refractivity contribution is 6.74. The van der Waals surface area contributed by atoms with Crippen molar-refractivity contribution in [3.63, 3.8) is 0 Å². The molecule has 0 aromatic heterocycles. The Morgan fingerprint density at radius 1 is 0.905 bits per heavy atom. The molecule has 0 bridgehead atoms. The van der Waals surface area contributed by atoms with Gasteiger partial charge in [-0.1, -0.05) is 84.5 Å². The number of hydrogen-bond acceptors (Lipinski definition) is 0. The predicted molar refractivity (Wildman–Crippen MR) is 92.6 cm³/mol. The zero-order chi connectivity index (χ0) is 14.4. The molecule has 0 aliphatic heterocycles. The summed E-state index contributed by atoms with van der Waals surface area (Å²) in [5.41, 5.74) is 5.87. The van der Waals surface area contributed by atoms with Crippen molar-refractivity contribution in [3.8, 4) is 0 Å². The van der Waals surface area contributed by atoms with Crippen molar-refractivity contribution in [2.75, 3.05) is 0 Å². The molecule has 2 aliphatic rings. The highest BCUT2D eigenvalue weighted by atomic mass is 28.3. The van der Waals surface area contributed by atoms with Crippen molar-refractivity contribution in [2.24, 2.45) is 0 Å². The summed E-state index contributed by atoms with van der Waals surface area (Å²) in [6.07, 6.45) is 6.06. The number of fused-ring (bicyclic) bond motifs is 2. The van der Waals surface area contributed by atoms with Gasteiger partial charge in [-0.3, -0.25) is 0 Å². The summed E-state index contributed by atoms with van der Waals surface area (Å²) >= 11 is 0. The highest BCUT2D eigenvalue weighted by Crippen LogP contribution is 2.40. The lowest BCUT2D eigenvalue weighted by molar-refractivity contribution is 0.964. The Kier molecular flexibility index (Phi) is 2.97. The van der Waals surface area contributed by atoms with Gasteiger partial charge in [-0.2, -0.15) is 0 Å². The van der Waals surface area contributed by atoms with Crippen LogP contribution in [0.5, 0.6) is 0 Å². The summed E-state index contributed by atoms with van der Waals surface area (Å²) in [7, 11) is -0.604. The van der Waals surface area contributed by atoms with Crippen LogP contribution < -0.4 is 0 Å². The second kappa shape index (κ2) is 4.85. The van der Waals surface area contributed by atoms with Gasteiger partial charge in [-0.25, -0.2) is 0 Å². The van der Waals surface area contributed by atoms with Gasteiger partial charge in [0, 0.05) is 0 Å². The van der Waals surface area contributed by atoms with Crippen LogP contribution >= 0.6 is 0 Å².